The lowest BCUT2D eigenvalue weighted by molar-refractivity contribution is -0.135. The van der Waals surface area contributed by atoms with Gasteiger partial charge in [0.2, 0.25) is 0 Å². The van der Waals surface area contributed by atoms with Crippen molar-refractivity contribution >= 4 is 27.8 Å². The van der Waals surface area contributed by atoms with E-state index in [0.717, 1.165) is 4.47 Å². The van der Waals surface area contributed by atoms with Crippen molar-refractivity contribution in [2.45, 2.75) is 0 Å². The fourth-order valence-corrected chi connectivity index (χ4v) is 2.13. The normalized spacial score (nSPS) is 9.64. The summed E-state index contributed by atoms with van der Waals surface area (Å²) in [6.07, 6.45) is 1.31. The van der Waals surface area contributed by atoms with E-state index < -0.39 is 18.4 Å². The Balaban J connectivity index is 1.96. The molecule has 1 aromatic heterocycles. The van der Waals surface area contributed by atoms with Crippen molar-refractivity contribution in [2.24, 2.45) is 0 Å². The number of hydrogen-bond acceptors (Lipinski definition) is 5. The van der Waals surface area contributed by atoms with Crippen molar-refractivity contribution < 1.29 is 24.5 Å². The number of hydrogen-bond donors (Lipinski definition) is 3. The zero-order chi connectivity index (χ0) is 18.2. The van der Waals surface area contributed by atoms with Gasteiger partial charge in [-0.05, 0) is 24.3 Å². The second kappa shape index (κ2) is 8.70. The zero-order valence-corrected chi connectivity index (χ0v) is 14.4. The maximum Gasteiger partial charge on any atom is 0.322 e. The predicted molar refractivity (Wildman–Crippen MR) is 92.4 cm³/mol. The Kier molecular flexibility index (Phi) is 6.37. The number of aliphatic carboxylic acids is 1. The number of carbonyl (C=O) groups is 2. The third-order valence-corrected chi connectivity index (χ3v) is 3.32. The average molecular weight is 405 g/mol. The molecule has 0 spiro atoms. The van der Waals surface area contributed by atoms with E-state index in [2.05, 4.69) is 38.1 Å². The molecular weight excluding hydrogens is 392 g/mol. The molecule has 2 rings (SSSR count). The van der Waals surface area contributed by atoms with Gasteiger partial charge < -0.3 is 20.3 Å². The van der Waals surface area contributed by atoms with E-state index >= 15 is 0 Å². The number of nitrogens with zero attached hydrogens (tertiary/aromatic N) is 1. The summed E-state index contributed by atoms with van der Waals surface area (Å²) in [4.78, 5) is 25.9. The molecule has 0 unspecified atom stereocenters. The zero-order valence-electron chi connectivity index (χ0n) is 12.8. The lowest BCUT2D eigenvalue weighted by Crippen LogP contribution is -2.29. The van der Waals surface area contributed by atoms with E-state index in [9.17, 15) is 14.7 Å². The van der Waals surface area contributed by atoms with Crippen LogP contribution in [0.1, 0.15) is 16.1 Å². The van der Waals surface area contributed by atoms with Gasteiger partial charge in [0.25, 0.3) is 5.91 Å². The highest BCUT2D eigenvalue weighted by atomic mass is 79.9. The van der Waals surface area contributed by atoms with Gasteiger partial charge in [-0.2, -0.15) is 0 Å². The molecule has 0 bridgehead atoms. The van der Waals surface area contributed by atoms with E-state index in [1.165, 1.54) is 12.3 Å². The first-order chi connectivity index (χ1) is 12.0. The van der Waals surface area contributed by atoms with E-state index in [1.807, 2.05) is 12.1 Å². The summed E-state index contributed by atoms with van der Waals surface area (Å²) in [7, 11) is 0. The molecule has 0 aliphatic rings. The number of ether oxygens (including phenoxy) is 1. The Morgan fingerprint density at radius 2 is 2.12 bits per heavy atom. The molecule has 1 amide bonds. The molecule has 0 atom stereocenters. The number of pyridine rings is 1. The Bertz CT molecular complexity index is 858. The molecule has 0 radical (unpaired) electrons. The van der Waals surface area contributed by atoms with Crippen LogP contribution in [0.5, 0.6) is 11.5 Å². The van der Waals surface area contributed by atoms with Gasteiger partial charge in [0.1, 0.15) is 24.7 Å². The fraction of sp³-hybridized carbons (Fsp3) is 0.118. The summed E-state index contributed by atoms with van der Waals surface area (Å²) < 4.78 is 6.34. The van der Waals surface area contributed by atoms with Crippen molar-refractivity contribution in [1.29, 1.82) is 0 Å². The monoisotopic (exact) mass is 404 g/mol. The van der Waals surface area contributed by atoms with Gasteiger partial charge in [-0.1, -0.05) is 33.8 Å². The predicted octanol–water partition coefficient (Wildman–Crippen LogP) is 1.79. The lowest BCUT2D eigenvalue weighted by atomic mass is 10.2. The molecule has 25 heavy (non-hydrogen) atoms. The van der Waals surface area contributed by atoms with E-state index in [0.29, 0.717) is 11.3 Å². The number of nitrogens with one attached hydrogen (secondary N) is 1. The molecule has 0 saturated carbocycles. The molecule has 7 nitrogen and oxygen atoms in total. The minimum Gasteiger partial charge on any atom is -0.505 e. The first kappa shape index (κ1) is 18.3. The van der Waals surface area contributed by atoms with E-state index in [-0.39, 0.29) is 18.1 Å². The first-order valence-corrected chi connectivity index (χ1v) is 7.81. The summed E-state index contributed by atoms with van der Waals surface area (Å²) in [5.41, 5.74) is 0.127. The minimum absolute atomic E-state index is 0.137. The van der Waals surface area contributed by atoms with Crippen LogP contribution in [0, 0.1) is 11.8 Å². The summed E-state index contributed by atoms with van der Waals surface area (Å²) in [6.45, 7) is -0.424. The highest BCUT2D eigenvalue weighted by Crippen LogP contribution is 2.17. The maximum atomic E-state index is 11.7. The number of carboxylic acids is 1. The number of carbonyl (C=O) groups excluding carboxylic acids is 1. The Labute approximate surface area is 151 Å². The van der Waals surface area contributed by atoms with Crippen LogP contribution in [0.3, 0.4) is 0 Å². The molecule has 1 heterocycles. The molecule has 0 fully saturated rings. The summed E-state index contributed by atoms with van der Waals surface area (Å²) in [5.74, 6) is 3.82. The molecule has 1 aromatic carbocycles. The summed E-state index contributed by atoms with van der Waals surface area (Å²) in [5, 5.41) is 20.4. The second-order valence-electron chi connectivity index (χ2n) is 4.72. The number of aromatic hydroxyl groups is 1. The van der Waals surface area contributed by atoms with Crippen molar-refractivity contribution in [1.82, 2.24) is 10.3 Å². The van der Waals surface area contributed by atoms with Gasteiger partial charge in [-0.3, -0.25) is 9.59 Å². The SMILES string of the molecule is O=C(O)CNC(=O)c1ncc(C#CCOc2cccc(Br)c2)cc1O. The number of halogens is 1. The molecule has 3 N–H and O–H groups in total. The molecule has 0 saturated heterocycles. The van der Waals surface area contributed by atoms with Gasteiger partial charge in [-0.25, -0.2) is 4.98 Å². The van der Waals surface area contributed by atoms with Crippen LogP contribution < -0.4 is 10.1 Å². The van der Waals surface area contributed by atoms with Gasteiger partial charge in [0.15, 0.2) is 5.69 Å². The number of rotatable bonds is 5. The van der Waals surface area contributed by atoms with Crippen LogP contribution >= 0.6 is 15.9 Å². The Morgan fingerprint density at radius 1 is 1.32 bits per heavy atom. The Hall–Kier alpha value is -3.05. The van der Waals surface area contributed by atoms with Crippen LogP contribution in [0.4, 0.5) is 0 Å². The number of amides is 1. The van der Waals surface area contributed by atoms with Gasteiger partial charge in [0, 0.05) is 16.2 Å². The van der Waals surface area contributed by atoms with E-state index in [1.54, 1.807) is 12.1 Å². The first-order valence-electron chi connectivity index (χ1n) is 7.02. The van der Waals surface area contributed by atoms with Gasteiger partial charge in [0.05, 0.1) is 0 Å². The van der Waals surface area contributed by atoms with Crippen LogP contribution in [0.2, 0.25) is 0 Å². The third kappa shape index (κ3) is 5.82. The minimum atomic E-state index is -1.19. The van der Waals surface area contributed by atoms with Gasteiger partial charge in [-0.15, -0.1) is 0 Å². The molecular formula is C17H13BrN2O5. The van der Waals surface area contributed by atoms with E-state index in [4.69, 9.17) is 9.84 Å². The van der Waals surface area contributed by atoms with Crippen LogP contribution in [0.15, 0.2) is 41.0 Å². The molecule has 128 valence electrons. The fourth-order valence-electron chi connectivity index (χ4n) is 1.75. The summed E-state index contributed by atoms with van der Waals surface area (Å²) >= 11 is 3.34. The highest BCUT2D eigenvalue weighted by molar-refractivity contribution is 9.10. The standard InChI is InChI=1S/C17H13BrN2O5/c18-12-4-1-5-13(8-12)25-6-2-3-11-7-14(21)16(19-9-11)17(24)20-10-15(22)23/h1,4-5,7-9,21H,6,10H2,(H,20,24)(H,22,23). The van der Waals surface area contributed by atoms with Crippen molar-refractivity contribution in [3.05, 3.63) is 52.3 Å². The lowest BCUT2D eigenvalue weighted by Gasteiger charge is -2.04. The number of aromatic nitrogens is 1. The summed E-state index contributed by atoms with van der Waals surface area (Å²) in [6, 6.07) is 8.59. The number of benzene rings is 1. The molecule has 8 heteroatoms. The quantitative estimate of drug-likeness (QED) is 0.655. The van der Waals surface area contributed by atoms with Gasteiger partial charge >= 0.3 is 5.97 Å². The topological polar surface area (TPSA) is 109 Å². The molecule has 2 aromatic rings. The third-order valence-electron chi connectivity index (χ3n) is 2.82. The van der Waals surface area contributed by atoms with Crippen LogP contribution in [0.25, 0.3) is 0 Å². The Morgan fingerprint density at radius 3 is 2.80 bits per heavy atom. The second-order valence-corrected chi connectivity index (χ2v) is 5.63. The molecule has 0 aliphatic heterocycles. The molecule has 0 aliphatic carbocycles. The van der Waals surface area contributed by atoms with Crippen LogP contribution in [-0.4, -0.2) is 40.2 Å². The average Bonchev–Trinajstić information content (AvgIpc) is 2.57. The van der Waals surface area contributed by atoms with Crippen molar-refractivity contribution in [2.75, 3.05) is 13.2 Å². The smallest absolute Gasteiger partial charge is 0.322 e. The maximum absolute atomic E-state index is 11.7. The number of carboxylic acid groups (broad SMARTS) is 1. The van der Waals surface area contributed by atoms with Crippen molar-refractivity contribution in [3.8, 4) is 23.3 Å². The largest absolute Gasteiger partial charge is 0.505 e. The van der Waals surface area contributed by atoms with Crippen LogP contribution in [-0.2, 0) is 4.79 Å². The van der Waals surface area contributed by atoms with Crippen molar-refractivity contribution in [3.63, 3.8) is 0 Å². The highest BCUT2D eigenvalue weighted by Gasteiger charge is 2.13.